The molecular formula is C19H20ClN3O5S. The number of hydrogen-bond donors (Lipinski definition) is 0. The van der Waals surface area contributed by atoms with Crippen LogP contribution in [-0.2, 0) is 10.0 Å². The number of hydrogen-bond acceptors (Lipinski definition) is 5. The van der Waals surface area contributed by atoms with Crippen molar-refractivity contribution in [3.8, 4) is 0 Å². The molecule has 0 radical (unpaired) electrons. The standard InChI is InChI=1S/C19H20ClN3O5S/c1-13-3-5-16(11-14(13)2)29(27,28)22-9-7-21(8-10-22)19(24)17-6-4-15(23(25)26)12-18(17)20/h3-6,11-12H,7-10H2,1-2H3. The van der Waals surface area contributed by atoms with Gasteiger partial charge in [-0.1, -0.05) is 17.7 Å². The molecule has 0 bridgehead atoms. The highest BCUT2D eigenvalue weighted by molar-refractivity contribution is 7.89. The molecule has 29 heavy (non-hydrogen) atoms. The Morgan fingerprint density at radius 1 is 1.03 bits per heavy atom. The zero-order chi connectivity index (χ0) is 21.3. The predicted molar refractivity (Wildman–Crippen MR) is 109 cm³/mol. The monoisotopic (exact) mass is 437 g/mol. The molecule has 1 aliphatic rings. The lowest BCUT2D eigenvalue weighted by atomic mass is 10.1. The van der Waals surface area contributed by atoms with Crippen LogP contribution in [0.15, 0.2) is 41.3 Å². The lowest BCUT2D eigenvalue weighted by Crippen LogP contribution is -2.50. The second kappa shape index (κ2) is 8.10. The summed E-state index contributed by atoms with van der Waals surface area (Å²) in [5, 5.41) is 10.8. The maximum Gasteiger partial charge on any atom is 0.270 e. The molecule has 0 atom stereocenters. The molecule has 1 heterocycles. The normalized spacial score (nSPS) is 15.3. The third kappa shape index (κ3) is 4.26. The Morgan fingerprint density at radius 2 is 1.69 bits per heavy atom. The molecule has 3 rings (SSSR count). The SMILES string of the molecule is Cc1ccc(S(=O)(=O)N2CCN(C(=O)c3ccc([N+](=O)[O-])cc3Cl)CC2)cc1C. The number of carbonyl (C=O) groups is 1. The maximum absolute atomic E-state index is 12.9. The number of amides is 1. The van der Waals surface area contributed by atoms with Crippen molar-refractivity contribution < 1.29 is 18.1 Å². The Labute approximate surface area is 173 Å². The van der Waals surface area contributed by atoms with Crippen LogP contribution in [0, 0.1) is 24.0 Å². The first-order valence-electron chi connectivity index (χ1n) is 8.92. The second-order valence-electron chi connectivity index (χ2n) is 6.86. The van der Waals surface area contributed by atoms with Crippen LogP contribution in [0.5, 0.6) is 0 Å². The Hall–Kier alpha value is -2.49. The molecule has 0 aliphatic carbocycles. The van der Waals surface area contributed by atoms with Crippen LogP contribution >= 0.6 is 11.6 Å². The highest BCUT2D eigenvalue weighted by Crippen LogP contribution is 2.25. The quantitative estimate of drug-likeness (QED) is 0.540. The van der Waals surface area contributed by atoms with E-state index >= 15 is 0 Å². The van der Waals surface area contributed by atoms with E-state index in [-0.39, 0.29) is 53.3 Å². The van der Waals surface area contributed by atoms with Crippen molar-refractivity contribution in [2.24, 2.45) is 0 Å². The molecule has 0 spiro atoms. The van der Waals surface area contributed by atoms with Gasteiger partial charge in [0.2, 0.25) is 10.0 Å². The number of non-ortho nitro benzene ring substituents is 1. The molecule has 1 saturated heterocycles. The number of nitro groups is 1. The number of halogens is 1. The third-order valence-corrected chi connectivity index (χ3v) is 7.24. The van der Waals surface area contributed by atoms with E-state index in [4.69, 9.17) is 11.6 Å². The summed E-state index contributed by atoms with van der Waals surface area (Å²) in [6.45, 7) is 4.50. The van der Waals surface area contributed by atoms with Crippen molar-refractivity contribution in [2.45, 2.75) is 18.7 Å². The van der Waals surface area contributed by atoms with E-state index in [1.807, 2.05) is 13.8 Å². The van der Waals surface area contributed by atoms with Gasteiger partial charge < -0.3 is 4.90 Å². The number of benzene rings is 2. The Bertz CT molecular complexity index is 1080. The summed E-state index contributed by atoms with van der Waals surface area (Å²) in [5.41, 5.74) is 1.87. The number of carbonyl (C=O) groups excluding carboxylic acids is 1. The van der Waals surface area contributed by atoms with Crippen molar-refractivity contribution in [2.75, 3.05) is 26.2 Å². The first-order chi connectivity index (χ1) is 13.6. The molecule has 1 fully saturated rings. The van der Waals surface area contributed by atoms with Crippen LogP contribution in [0.1, 0.15) is 21.5 Å². The van der Waals surface area contributed by atoms with Crippen molar-refractivity contribution in [3.63, 3.8) is 0 Å². The lowest BCUT2D eigenvalue weighted by molar-refractivity contribution is -0.384. The number of aryl methyl sites for hydroxylation is 2. The smallest absolute Gasteiger partial charge is 0.270 e. The third-order valence-electron chi connectivity index (χ3n) is 5.04. The summed E-state index contributed by atoms with van der Waals surface area (Å²) < 4.78 is 27.1. The largest absolute Gasteiger partial charge is 0.336 e. The summed E-state index contributed by atoms with van der Waals surface area (Å²) in [5.74, 6) is -0.381. The first kappa shape index (κ1) is 21.2. The number of nitrogens with zero attached hydrogens (tertiary/aromatic N) is 3. The van der Waals surface area contributed by atoms with Crippen LogP contribution in [0.2, 0.25) is 5.02 Å². The molecule has 10 heteroatoms. The van der Waals surface area contributed by atoms with Crippen molar-refractivity contribution in [1.29, 1.82) is 0 Å². The molecule has 154 valence electrons. The fraction of sp³-hybridized carbons (Fsp3) is 0.316. The number of piperazine rings is 1. The minimum absolute atomic E-state index is 0.00520. The minimum Gasteiger partial charge on any atom is -0.336 e. The highest BCUT2D eigenvalue weighted by Gasteiger charge is 2.31. The van der Waals surface area contributed by atoms with Crippen LogP contribution in [0.3, 0.4) is 0 Å². The van der Waals surface area contributed by atoms with E-state index in [1.165, 1.54) is 21.3 Å². The minimum atomic E-state index is -3.64. The van der Waals surface area contributed by atoms with Gasteiger partial charge in [0.1, 0.15) is 0 Å². The lowest BCUT2D eigenvalue weighted by Gasteiger charge is -2.34. The average molecular weight is 438 g/mol. The summed E-state index contributed by atoms with van der Waals surface area (Å²) >= 11 is 6.04. The summed E-state index contributed by atoms with van der Waals surface area (Å²) in [6, 6.07) is 8.69. The topological polar surface area (TPSA) is 101 Å². The van der Waals surface area contributed by atoms with Crippen LogP contribution in [0.25, 0.3) is 0 Å². The molecule has 2 aromatic rings. The number of rotatable bonds is 4. The van der Waals surface area contributed by atoms with E-state index in [9.17, 15) is 23.3 Å². The van der Waals surface area contributed by atoms with Gasteiger partial charge in [-0.2, -0.15) is 4.31 Å². The van der Waals surface area contributed by atoms with E-state index in [1.54, 1.807) is 18.2 Å². The van der Waals surface area contributed by atoms with Crippen molar-refractivity contribution in [3.05, 3.63) is 68.2 Å². The molecule has 8 nitrogen and oxygen atoms in total. The van der Waals surface area contributed by atoms with Gasteiger partial charge >= 0.3 is 0 Å². The zero-order valence-corrected chi connectivity index (χ0v) is 17.5. The molecule has 0 unspecified atom stereocenters. The maximum atomic E-state index is 12.9. The van der Waals surface area contributed by atoms with E-state index < -0.39 is 14.9 Å². The Balaban J connectivity index is 1.72. The van der Waals surface area contributed by atoms with Gasteiger partial charge in [0, 0.05) is 38.3 Å². The molecule has 0 aromatic heterocycles. The van der Waals surface area contributed by atoms with Gasteiger partial charge in [0.25, 0.3) is 11.6 Å². The molecule has 1 aliphatic heterocycles. The molecule has 0 N–H and O–H groups in total. The summed E-state index contributed by atoms with van der Waals surface area (Å²) in [6.07, 6.45) is 0. The molecular weight excluding hydrogens is 418 g/mol. The van der Waals surface area contributed by atoms with Gasteiger partial charge in [-0.05, 0) is 43.2 Å². The first-order valence-corrected chi connectivity index (χ1v) is 10.7. The van der Waals surface area contributed by atoms with Gasteiger partial charge in [0.15, 0.2) is 0 Å². The van der Waals surface area contributed by atoms with Crippen LogP contribution in [-0.4, -0.2) is 54.6 Å². The average Bonchev–Trinajstić information content (AvgIpc) is 2.69. The number of nitro benzene ring substituents is 1. The predicted octanol–water partition coefficient (Wildman–Crippen LogP) is 3.01. The Morgan fingerprint density at radius 3 is 2.24 bits per heavy atom. The Kier molecular flexibility index (Phi) is 5.92. The van der Waals surface area contributed by atoms with Gasteiger partial charge in [-0.3, -0.25) is 14.9 Å². The van der Waals surface area contributed by atoms with E-state index in [2.05, 4.69) is 0 Å². The molecule has 1 amide bonds. The van der Waals surface area contributed by atoms with Crippen LogP contribution in [0.4, 0.5) is 5.69 Å². The van der Waals surface area contributed by atoms with Crippen LogP contribution < -0.4 is 0 Å². The van der Waals surface area contributed by atoms with Gasteiger partial charge in [-0.15, -0.1) is 0 Å². The van der Waals surface area contributed by atoms with Gasteiger partial charge in [0.05, 0.1) is 20.4 Å². The second-order valence-corrected chi connectivity index (χ2v) is 9.21. The summed E-state index contributed by atoms with van der Waals surface area (Å²) in [4.78, 5) is 24.7. The fourth-order valence-electron chi connectivity index (χ4n) is 3.12. The fourth-order valence-corrected chi connectivity index (χ4v) is 4.88. The molecule has 0 saturated carbocycles. The highest BCUT2D eigenvalue weighted by atomic mass is 35.5. The zero-order valence-electron chi connectivity index (χ0n) is 16.0. The number of sulfonamides is 1. The van der Waals surface area contributed by atoms with Gasteiger partial charge in [-0.25, -0.2) is 8.42 Å². The molecule has 2 aromatic carbocycles. The van der Waals surface area contributed by atoms with E-state index in [0.717, 1.165) is 17.2 Å². The van der Waals surface area contributed by atoms with Crippen molar-refractivity contribution in [1.82, 2.24) is 9.21 Å². The summed E-state index contributed by atoms with van der Waals surface area (Å²) in [7, 11) is -3.64. The van der Waals surface area contributed by atoms with E-state index in [0.29, 0.717) is 0 Å². The van der Waals surface area contributed by atoms with Crippen molar-refractivity contribution >= 4 is 33.2 Å².